The summed E-state index contributed by atoms with van der Waals surface area (Å²) in [6.45, 7) is -0.719. The molecule has 3 aromatic rings. The molecule has 0 bridgehead atoms. The third-order valence-corrected chi connectivity index (χ3v) is 9.46. The number of phosphoric ester groups is 1. The summed E-state index contributed by atoms with van der Waals surface area (Å²) in [6.07, 6.45) is -5.60. The lowest BCUT2D eigenvalue weighted by molar-refractivity contribution is -0.0230. The monoisotopic (exact) mass is 655 g/mol. The predicted octanol–water partition coefficient (Wildman–Crippen LogP) is -1.20. The second-order valence-electron chi connectivity index (χ2n) is 8.83. The first kappa shape index (κ1) is 32.2. The number of aromatic nitrogens is 5. The summed E-state index contributed by atoms with van der Waals surface area (Å²) in [5, 5.41) is 29.1. The van der Waals surface area contributed by atoms with Gasteiger partial charge in [-0.3, -0.25) is 14.3 Å². The van der Waals surface area contributed by atoms with Crippen LogP contribution in [0.3, 0.4) is 0 Å². The first-order chi connectivity index (χ1) is 19.5. The average Bonchev–Trinajstić information content (AvgIpc) is 3.39. The number of hydrogen-bond donors (Lipinski definition) is 8. The van der Waals surface area contributed by atoms with Gasteiger partial charge in [-0.05, 0) is 5.56 Å². The Hall–Kier alpha value is -2.67. The lowest BCUT2D eigenvalue weighted by atomic mass is 9.99. The molecule has 8 N–H and O–H groups in total. The molecule has 1 saturated heterocycles. The Kier molecular flexibility index (Phi) is 9.61. The molecule has 1 aromatic carbocycles. The number of benzene rings is 1. The zero-order valence-corrected chi connectivity index (χ0v) is 23.6. The molecule has 0 spiro atoms. The normalized spacial score (nSPS) is 23.9. The van der Waals surface area contributed by atoms with Crippen molar-refractivity contribution in [3.05, 3.63) is 79.9 Å². The van der Waals surface area contributed by atoms with Gasteiger partial charge in [0, 0.05) is 18.3 Å². The molecule has 4 rings (SSSR count). The number of aliphatic hydroxyl groups is 2. The van der Waals surface area contributed by atoms with E-state index in [1.54, 1.807) is 6.20 Å². The Morgan fingerprint density at radius 3 is 2.31 bits per heavy atom. The number of aromatic amines is 2. The van der Waals surface area contributed by atoms with Crippen molar-refractivity contribution >= 4 is 23.5 Å². The third-order valence-electron chi connectivity index (χ3n) is 5.66. The molecule has 1 aliphatic heterocycles. The van der Waals surface area contributed by atoms with Crippen molar-refractivity contribution in [2.45, 2.75) is 37.4 Å². The summed E-state index contributed by atoms with van der Waals surface area (Å²) < 4.78 is 52.9. The van der Waals surface area contributed by atoms with Crippen LogP contribution in [-0.4, -0.2) is 79.7 Å². The molecule has 20 nitrogen and oxygen atoms in total. The SMILES string of the molecule is O=c1[nH]c(Cc2cn(Cc3ccccc3)nn2)c([C@@H]2O[C@H](COP(=O)(O)OP(=O)(O)OP(=O)(O)O)C(O)[C@@H]2O)c(=O)[nH]1. The average molecular weight is 655 g/mol. The highest BCUT2D eigenvalue weighted by atomic mass is 31.3. The molecule has 3 heterocycles. The van der Waals surface area contributed by atoms with Gasteiger partial charge in [-0.15, -0.1) is 5.10 Å². The van der Waals surface area contributed by atoms with E-state index in [0.717, 1.165) is 5.56 Å². The molecule has 1 fully saturated rings. The van der Waals surface area contributed by atoms with Crippen molar-refractivity contribution in [3.63, 3.8) is 0 Å². The van der Waals surface area contributed by atoms with Gasteiger partial charge in [0.05, 0.1) is 24.4 Å². The van der Waals surface area contributed by atoms with Gasteiger partial charge in [-0.1, -0.05) is 35.5 Å². The fourth-order valence-electron chi connectivity index (χ4n) is 4.03. The topological polar surface area (TPSA) is 306 Å². The highest BCUT2D eigenvalue weighted by Gasteiger charge is 2.47. The van der Waals surface area contributed by atoms with Crippen LogP contribution >= 0.6 is 23.5 Å². The molecule has 2 aromatic heterocycles. The zero-order valence-electron chi connectivity index (χ0n) is 20.9. The van der Waals surface area contributed by atoms with E-state index in [1.165, 1.54) is 4.68 Å². The van der Waals surface area contributed by atoms with Crippen LogP contribution in [0.15, 0.2) is 46.1 Å². The van der Waals surface area contributed by atoms with Crippen LogP contribution in [0.25, 0.3) is 0 Å². The number of nitrogens with one attached hydrogen (secondary N) is 2. The van der Waals surface area contributed by atoms with Crippen molar-refractivity contribution < 1.29 is 61.4 Å². The fourth-order valence-corrected chi connectivity index (χ4v) is 7.06. The smallest absolute Gasteiger partial charge is 0.387 e. The summed E-state index contributed by atoms with van der Waals surface area (Å²) in [4.78, 5) is 65.3. The van der Waals surface area contributed by atoms with E-state index >= 15 is 0 Å². The van der Waals surface area contributed by atoms with Crippen LogP contribution < -0.4 is 11.2 Å². The molecule has 42 heavy (non-hydrogen) atoms. The van der Waals surface area contributed by atoms with Crippen molar-refractivity contribution in [1.29, 1.82) is 0 Å². The zero-order chi connectivity index (χ0) is 30.9. The van der Waals surface area contributed by atoms with Gasteiger partial charge in [-0.2, -0.15) is 8.62 Å². The molecule has 23 heteroatoms. The van der Waals surface area contributed by atoms with E-state index < -0.39 is 65.7 Å². The van der Waals surface area contributed by atoms with E-state index in [9.17, 15) is 43.3 Å². The summed E-state index contributed by atoms with van der Waals surface area (Å²) in [5.41, 5.74) is -1.02. The molecule has 230 valence electrons. The van der Waals surface area contributed by atoms with Gasteiger partial charge in [0.2, 0.25) is 0 Å². The Labute approximate surface area is 234 Å². The maximum Gasteiger partial charge on any atom is 0.490 e. The minimum absolute atomic E-state index is 0.0553. The largest absolute Gasteiger partial charge is 0.490 e. The lowest BCUT2D eigenvalue weighted by Crippen LogP contribution is -2.35. The number of rotatable bonds is 12. The number of aliphatic hydroxyl groups excluding tert-OH is 2. The van der Waals surface area contributed by atoms with Crippen LogP contribution in [0.2, 0.25) is 0 Å². The minimum atomic E-state index is -5.80. The summed E-state index contributed by atoms with van der Waals surface area (Å²) >= 11 is 0. The molecular formula is C19H24N5O15P3. The maximum absolute atomic E-state index is 12.8. The first-order valence-corrected chi connectivity index (χ1v) is 16.1. The van der Waals surface area contributed by atoms with E-state index in [0.29, 0.717) is 12.2 Å². The Bertz CT molecular complexity index is 1670. The molecule has 0 radical (unpaired) electrons. The predicted molar refractivity (Wildman–Crippen MR) is 135 cm³/mol. The van der Waals surface area contributed by atoms with Gasteiger partial charge in [0.15, 0.2) is 0 Å². The minimum Gasteiger partial charge on any atom is -0.387 e. The van der Waals surface area contributed by atoms with Gasteiger partial charge in [0.25, 0.3) is 5.56 Å². The van der Waals surface area contributed by atoms with Crippen LogP contribution in [0.4, 0.5) is 0 Å². The first-order valence-electron chi connectivity index (χ1n) is 11.6. The van der Waals surface area contributed by atoms with E-state index in [1.807, 2.05) is 35.3 Å². The maximum atomic E-state index is 12.8. The van der Waals surface area contributed by atoms with Crippen molar-refractivity contribution in [2.75, 3.05) is 6.61 Å². The number of H-pyrrole nitrogens is 2. The Balaban J connectivity index is 1.49. The molecule has 0 aliphatic carbocycles. The molecule has 6 atom stereocenters. The Morgan fingerprint density at radius 2 is 1.64 bits per heavy atom. The van der Waals surface area contributed by atoms with Gasteiger partial charge < -0.3 is 39.5 Å². The summed E-state index contributed by atoms with van der Waals surface area (Å²) in [5.74, 6) is 0. The van der Waals surface area contributed by atoms with Gasteiger partial charge in [-0.25, -0.2) is 23.2 Å². The third kappa shape index (κ3) is 8.46. The van der Waals surface area contributed by atoms with Crippen LogP contribution in [0.1, 0.15) is 28.6 Å². The molecular weight excluding hydrogens is 631 g/mol. The van der Waals surface area contributed by atoms with Crippen molar-refractivity contribution in [3.8, 4) is 0 Å². The summed E-state index contributed by atoms with van der Waals surface area (Å²) in [6, 6.07) is 9.29. The number of hydrogen-bond acceptors (Lipinski definition) is 13. The van der Waals surface area contributed by atoms with Crippen LogP contribution in [-0.2, 0) is 44.5 Å². The second-order valence-corrected chi connectivity index (χ2v) is 13.3. The quantitative estimate of drug-likeness (QED) is 0.106. The van der Waals surface area contributed by atoms with E-state index in [2.05, 4.69) is 28.4 Å². The fraction of sp³-hybridized carbons (Fsp3) is 0.368. The van der Waals surface area contributed by atoms with E-state index in [4.69, 9.17) is 14.5 Å². The summed E-state index contributed by atoms with van der Waals surface area (Å²) in [7, 11) is -17.0. The van der Waals surface area contributed by atoms with E-state index in [-0.39, 0.29) is 17.7 Å². The number of nitrogens with zero attached hydrogens (tertiary/aromatic N) is 3. The number of phosphoric acid groups is 3. The van der Waals surface area contributed by atoms with Crippen LogP contribution in [0.5, 0.6) is 0 Å². The van der Waals surface area contributed by atoms with Gasteiger partial charge >= 0.3 is 29.2 Å². The number of ether oxygens (including phenoxy) is 1. The van der Waals surface area contributed by atoms with Gasteiger partial charge in [0.1, 0.15) is 24.4 Å². The van der Waals surface area contributed by atoms with Crippen LogP contribution in [0, 0.1) is 0 Å². The lowest BCUT2D eigenvalue weighted by Gasteiger charge is -2.19. The standard InChI is InChI=1S/C19H24N5O15P3/c25-15-13(9-36-41(32,33)39-42(34,35)38-40(29,30)31)37-17(16(15)26)14-12(20-19(28)21-18(14)27)6-11-8-24(23-22-11)7-10-4-2-1-3-5-10/h1-5,8,13,15-17,25-26H,6-7,9H2,(H,32,33)(H,34,35)(H2,29,30,31)(H2,20,21,27,28)/t13-,15?,16+,17+/m1/s1. The highest BCUT2D eigenvalue weighted by Crippen LogP contribution is 2.66. The second kappa shape index (κ2) is 12.5. The highest BCUT2D eigenvalue weighted by molar-refractivity contribution is 7.66. The molecule has 1 aliphatic rings. The molecule has 3 unspecified atom stereocenters. The molecule has 0 saturated carbocycles. The van der Waals surface area contributed by atoms with Crippen molar-refractivity contribution in [1.82, 2.24) is 25.0 Å². The molecule has 0 amide bonds. The Morgan fingerprint density at radius 1 is 0.952 bits per heavy atom. The van der Waals surface area contributed by atoms with Crippen molar-refractivity contribution in [2.24, 2.45) is 0 Å².